The molecule has 0 radical (unpaired) electrons. The Morgan fingerprint density at radius 3 is 2.46 bits per heavy atom. The lowest BCUT2D eigenvalue weighted by Crippen LogP contribution is -2.06. The van der Waals surface area contributed by atoms with Crippen molar-refractivity contribution >= 4 is 0 Å². The molecule has 0 fully saturated rings. The van der Waals surface area contributed by atoms with Gasteiger partial charge in [-0.05, 0) is 18.6 Å². The third-order valence-electron chi connectivity index (χ3n) is 1.63. The van der Waals surface area contributed by atoms with Crippen LogP contribution in [0.15, 0.2) is 12.1 Å². The lowest BCUT2D eigenvalue weighted by molar-refractivity contribution is 0.194. The average Bonchev–Trinajstić information content (AvgIpc) is 1.99. The Balaban J connectivity index is 3.01. The van der Waals surface area contributed by atoms with E-state index >= 15 is 0 Å². The molecular weight excluding hydrogens is 178 g/mol. The highest BCUT2D eigenvalue weighted by Gasteiger charge is 2.10. The molecule has 1 rings (SSSR count). The minimum absolute atomic E-state index is 0.0308. The van der Waals surface area contributed by atoms with Crippen molar-refractivity contribution in [1.29, 1.82) is 0 Å². The van der Waals surface area contributed by atoms with Crippen LogP contribution in [-0.2, 0) is 6.42 Å². The third-order valence-corrected chi connectivity index (χ3v) is 1.63. The van der Waals surface area contributed by atoms with Crippen molar-refractivity contribution < 1.29 is 19.0 Å². The van der Waals surface area contributed by atoms with Gasteiger partial charge in [0.15, 0.2) is 11.6 Å². The number of aliphatic hydroxyl groups excluding tert-OH is 1. The summed E-state index contributed by atoms with van der Waals surface area (Å²) in [4.78, 5) is 0. The largest absolute Gasteiger partial charge is 0.505 e. The maximum Gasteiger partial charge on any atom is 0.165 e. The Labute approximate surface area is 74.4 Å². The second-order valence-corrected chi connectivity index (χ2v) is 2.95. The summed E-state index contributed by atoms with van der Waals surface area (Å²) in [7, 11) is 0. The van der Waals surface area contributed by atoms with E-state index in [1.807, 2.05) is 0 Å². The Kier molecular flexibility index (Phi) is 2.83. The van der Waals surface area contributed by atoms with Gasteiger partial charge in [0.1, 0.15) is 5.82 Å². The number of hydrogen-bond acceptors (Lipinski definition) is 2. The molecule has 0 heterocycles. The van der Waals surface area contributed by atoms with Crippen molar-refractivity contribution in [3.8, 4) is 5.75 Å². The quantitative estimate of drug-likeness (QED) is 0.739. The molecular formula is C9H10F2O2. The molecule has 1 aromatic carbocycles. The van der Waals surface area contributed by atoms with E-state index in [0.29, 0.717) is 6.07 Å². The highest BCUT2D eigenvalue weighted by molar-refractivity contribution is 5.29. The smallest absolute Gasteiger partial charge is 0.165 e. The predicted octanol–water partition coefficient (Wildman–Crippen LogP) is 1.59. The molecule has 4 heteroatoms. The lowest BCUT2D eigenvalue weighted by Gasteiger charge is -2.06. The Hall–Kier alpha value is -1.16. The number of aromatic hydroxyl groups is 1. The van der Waals surface area contributed by atoms with E-state index in [4.69, 9.17) is 10.2 Å². The Morgan fingerprint density at radius 1 is 1.31 bits per heavy atom. The van der Waals surface area contributed by atoms with Gasteiger partial charge in [-0.3, -0.25) is 0 Å². The number of phenols is 1. The molecule has 0 amide bonds. The number of halogens is 2. The van der Waals surface area contributed by atoms with E-state index in [-0.39, 0.29) is 12.0 Å². The van der Waals surface area contributed by atoms with Crippen LogP contribution in [0.5, 0.6) is 5.75 Å². The molecule has 2 N–H and O–H groups in total. The summed E-state index contributed by atoms with van der Waals surface area (Å²) in [6, 6.07) is 1.59. The Bertz CT molecular complexity index is 311. The number of phenolic OH excluding ortho intramolecular Hbond substituents is 1. The van der Waals surface area contributed by atoms with Crippen molar-refractivity contribution in [2.75, 3.05) is 0 Å². The van der Waals surface area contributed by atoms with E-state index in [9.17, 15) is 8.78 Å². The van der Waals surface area contributed by atoms with Gasteiger partial charge in [0.25, 0.3) is 0 Å². The molecule has 0 aromatic heterocycles. The number of benzene rings is 1. The first-order chi connectivity index (χ1) is 6.00. The normalized spacial score (nSPS) is 12.9. The van der Waals surface area contributed by atoms with Crippen LogP contribution in [0.25, 0.3) is 0 Å². The van der Waals surface area contributed by atoms with Gasteiger partial charge < -0.3 is 10.2 Å². The molecule has 1 unspecified atom stereocenters. The molecule has 0 aliphatic rings. The summed E-state index contributed by atoms with van der Waals surface area (Å²) >= 11 is 0. The Morgan fingerprint density at radius 2 is 1.92 bits per heavy atom. The predicted molar refractivity (Wildman–Crippen MR) is 43.4 cm³/mol. The van der Waals surface area contributed by atoms with Crippen molar-refractivity contribution in [2.45, 2.75) is 19.4 Å². The first-order valence-electron chi connectivity index (χ1n) is 3.85. The SMILES string of the molecule is CC(O)Cc1cc(F)c(O)cc1F. The van der Waals surface area contributed by atoms with Gasteiger partial charge in [0.2, 0.25) is 0 Å². The summed E-state index contributed by atoms with van der Waals surface area (Å²) in [6.45, 7) is 1.48. The molecule has 0 aliphatic carbocycles. The fourth-order valence-corrected chi connectivity index (χ4v) is 1.05. The maximum absolute atomic E-state index is 13.0. The molecule has 1 aromatic rings. The van der Waals surface area contributed by atoms with Gasteiger partial charge in [-0.2, -0.15) is 0 Å². The van der Waals surface area contributed by atoms with Crippen molar-refractivity contribution in [2.24, 2.45) is 0 Å². The van der Waals surface area contributed by atoms with Gasteiger partial charge in [-0.15, -0.1) is 0 Å². The zero-order chi connectivity index (χ0) is 10.0. The molecule has 0 aliphatic heterocycles. The van der Waals surface area contributed by atoms with Gasteiger partial charge in [0, 0.05) is 12.5 Å². The number of aliphatic hydroxyl groups is 1. The lowest BCUT2D eigenvalue weighted by atomic mass is 10.1. The standard InChI is InChI=1S/C9H10F2O2/c1-5(12)2-6-3-8(11)9(13)4-7(6)10/h3-5,12-13H,2H2,1H3. The van der Waals surface area contributed by atoms with Crippen LogP contribution in [0.2, 0.25) is 0 Å². The second-order valence-electron chi connectivity index (χ2n) is 2.95. The highest BCUT2D eigenvalue weighted by Crippen LogP contribution is 2.20. The van der Waals surface area contributed by atoms with Crippen LogP contribution < -0.4 is 0 Å². The second kappa shape index (κ2) is 3.70. The molecule has 2 nitrogen and oxygen atoms in total. The van der Waals surface area contributed by atoms with Crippen molar-refractivity contribution in [1.82, 2.24) is 0 Å². The van der Waals surface area contributed by atoms with Crippen LogP contribution in [0.4, 0.5) is 8.78 Å². The van der Waals surface area contributed by atoms with E-state index in [2.05, 4.69) is 0 Å². The number of hydrogen-bond donors (Lipinski definition) is 2. The first-order valence-corrected chi connectivity index (χ1v) is 3.85. The van der Waals surface area contributed by atoms with Crippen LogP contribution in [-0.4, -0.2) is 16.3 Å². The van der Waals surface area contributed by atoms with Gasteiger partial charge in [0.05, 0.1) is 6.10 Å². The summed E-state index contributed by atoms with van der Waals surface area (Å²) in [5, 5.41) is 17.7. The molecule has 0 saturated carbocycles. The van der Waals surface area contributed by atoms with Crippen molar-refractivity contribution in [3.05, 3.63) is 29.3 Å². The minimum atomic E-state index is -0.878. The highest BCUT2D eigenvalue weighted by atomic mass is 19.1. The average molecular weight is 188 g/mol. The summed E-state index contributed by atoms with van der Waals surface area (Å²) in [5.74, 6) is -2.30. The zero-order valence-electron chi connectivity index (χ0n) is 7.09. The van der Waals surface area contributed by atoms with Gasteiger partial charge in [-0.25, -0.2) is 8.78 Å². The van der Waals surface area contributed by atoms with Crippen LogP contribution in [0.1, 0.15) is 12.5 Å². The summed E-state index contributed by atoms with van der Waals surface area (Å²) in [5.41, 5.74) is 0.0605. The maximum atomic E-state index is 13.0. The molecule has 0 spiro atoms. The monoisotopic (exact) mass is 188 g/mol. The molecule has 1 atom stereocenters. The topological polar surface area (TPSA) is 40.5 Å². The van der Waals surface area contributed by atoms with Gasteiger partial charge in [-0.1, -0.05) is 0 Å². The van der Waals surface area contributed by atoms with E-state index in [1.54, 1.807) is 0 Å². The first kappa shape index (κ1) is 9.92. The number of rotatable bonds is 2. The van der Waals surface area contributed by atoms with Crippen molar-refractivity contribution in [3.63, 3.8) is 0 Å². The fourth-order valence-electron chi connectivity index (χ4n) is 1.05. The third kappa shape index (κ3) is 2.39. The summed E-state index contributed by atoms with van der Waals surface area (Å²) in [6.07, 6.45) is -0.707. The van der Waals surface area contributed by atoms with Crippen LogP contribution >= 0.6 is 0 Å². The molecule has 0 bridgehead atoms. The van der Waals surface area contributed by atoms with Crippen LogP contribution in [0.3, 0.4) is 0 Å². The summed E-state index contributed by atoms with van der Waals surface area (Å²) < 4.78 is 25.7. The van der Waals surface area contributed by atoms with E-state index < -0.39 is 23.5 Å². The minimum Gasteiger partial charge on any atom is -0.505 e. The van der Waals surface area contributed by atoms with Crippen LogP contribution in [0, 0.1) is 11.6 Å². The van der Waals surface area contributed by atoms with E-state index in [0.717, 1.165) is 6.07 Å². The molecule has 72 valence electrons. The van der Waals surface area contributed by atoms with Gasteiger partial charge >= 0.3 is 0 Å². The molecule has 13 heavy (non-hydrogen) atoms. The zero-order valence-corrected chi connectivity index (χ0v) is 7.09. The van der Waals surface area contributed by atoms with E-state index in [1.165, 1.54) is 6.92 Å². The molecule has 0 saturated heterocycles. The fraction of sp³-hybridized carbons (Fsp3) is 0.333.